The molecule has 2 heterocycles. The molecule has 0 spiro atoms. The second kappa shape index (κ2) is 14.1. The number of nitrogens with one attached hydrogen (secondary N) is 2. The van der Waals surface area contributed by atoms with Gasteiger partial charge in [0.2, 0.25) is 0 Å². The maximum absolute atomic E-state index is 4.88. The molecule has 1 fully saturated rings. The highest BCUT2D eigenvalue weighted by molar-refractivity contribution is 14.0. The normalized spacial score (nSPS) is 16.3. The van der Waals surface area contributed by atoms with Crippen LogP contribution in [0.25, 0.3) is 0 Å². The fraction of sp³-hybridized carbons (Fsp3) is 0.407. The molecule has 34 heavy (non-hydrogen) atoms. The van der Waals surface area contributed by atoms with Crippen molar-refractivity contribution in [2.75, 3.05) is 32.7 Å². The van der Waals surface area contributed by atoms with Crippen LogP contribution in [0.1, 0.15) is 30.0 Å². The summed E-state index contributed by atoms with van der Waals surface area (Å²) < 4.78 is 1.95. The third-order valence-electron chi connectivity index (χ3n) is 6.25. The van der Waals surface area contributed by atoms with Gasteiger partial charge < -0.3 is 15.5 Å². The fourth-order valence-electron chi connectivity index (χ4n) is 4.40. The summed E-state index contributed by atoms with van der Waals surface area (Å²) in [5, 5.41) is 11.3. The Balaban J connectivity index is 0.00000324. The highest BCUT2D eigenvalue weighted by Crippen LogP contribution is 2.16. The summed E-state index contributed by atoms with van der Waals surface area (Å²) in [6.07, 6.45) is 6.19. The van der Waals surface area contributed by atoms with Crippen LogP contribution in [0.2, 0.25) is 0 Å². The molecule has 6 nitrogen and oxygen atoms in total. The first kappa shape index (κ1) is 26.2. The van der Waals surface area contributed by atoms with Gasteiger partial charge in [-0.05, 0) is 55.0 Å². The molecule has 0 bridgehead atoms. The lowest BCUT2D eigenvalue weighted by atomic mass is 10.1. The number of guanidine groups is 1. The number of nitrogens with zero attached hydrogens (tertiary/aromatic N) is 4. The summed E-state index contributed by atoms with van der Waals surface area (Å²) in [5.41, 5.74) is 3.91. The molecule has 1 aromatic heterocycles. The molecule has 1 atom stereocenters. The largest absolute Gasteiger partial charge is 0.357 e. The van der Waals surface area contributed by atoms with Crippen LogP contribution in [0.5, 0.6) is 0 Å². The minimum absolute atomic E-state index is 0. The van der Waals surface area contributed by atoms with E-state index in [2.05, 4.69) is 82.2 Å². The number of benzene rings is 2. The average Bonchev–Trinajstić information content (AvgIpc) is 3.53. The fourth-order valence-corrected chi connectivity index (χ4v) is 4.40. The monoisotopic (exact) mass is 572 g/mol. The standard InChI is InChI=1S/C27H36N6.HI/c1-2-28-27(30-20-25-11-6-7-12-26(25)22-33-16-8-15-31-33)29-19-24-14-18-32(21-24)17-13-23-9-4-3-5-10-23;/h3-12,15-16,24H,2,13-14,17-22H2,1H3,(H2,28,29,30);1H. The molecule has 1 aliphatic rings. The van der Waals surface area contributed by atoms with Crippen LogP contribution in [0.15, 0.2) is 78.0 Å². The van der Waals surface area contributed by atoms with Crippen molar-refractivity contribution in [3.63, 3.8) is 0 Å². The summed E-state index contributed by atoms with van der Waals surface area (Å²) in [7, 11) is 0. The van der Waals surface area contributed by atoms with E-state index in [0.717, 1.165) is 45.1 Å². The van der Waals surface area contributed by atoms with Gasteiger partial charge >= 0.3 is 0 Å². The third kappa shape index (κ3) is 8.13. The molecule has 0 amide bonds. The first-order valence-electron chi connectivity index (χ1n) is 12.1. The molecule has 7 heteroatoms. The topological polar surface area (TPSA) is 57.5 Å². The lowest BCUT2D eigenvalue weighted by molar-refractivity contribution is 0.328. The van der Waals surface area contributed by atoms with Crippen LogP contribution < -0.4 is 10.6 Å². The molecule has 0 aliphatic carbocycles. The second-order valence-corrected chi connectivity index (χ2v) is 8.74. The molecule has 1 unspecified atom stereocenters. The molecule has 2 aromatic carbocycles. The van der Waals surface area contributed by atoms with Crippen LogP contribution in [-0.4, -0.2) is 53.4 Å². The predicted octanol–water partition coefficient (Wildman–Crippen LogP) is 4.17. The molecule has 1 aliphatic heterocycles. The van der Waals surface area contributed by atoms with Crippen molar-refractivity contribution in [2.24, 2.45) is 10.9 Å². The number of aliphatic imine (C=N–C) groups is 1. The van der Waals surface area contributed by atoms with E-state index < -0.39 is 0 Å². The van der Waals surface area contributed by atoms with Gasteiger partial charge in [0.05, 0.1) is 13.1 Å². The Morgan fingerprint density at radius 3 is 2.59 bits per heavy atom. The maximum Gasteiger partial charge on any atom is 0.191 e. The SMILES string of the molecule is CCNC(=NCc1ccccc1Cn1cccn1)NCC1CCN(CCc2ccccc2)C1.I. The molecular weight excluding hydrogens is 535 g/mol. The second-order valence-electron chi connectivity index (χ2n) is 8.74. The van der Waals surface area contributed by atoms with Gasteiger partial charge in [-0.1, -0.05) is 54.6 Å². The zero-order chi connectivity index (χ0) is 22.7. The molecule has 3 aromatic rings. The van der Waals surface area contributed by atoms with Crippen molar-refractivity contribution in [3.8, 4) is 0 Å². The van der Waals surface area contributed by atoms with Crippen molar-refractivity contribution < 1.29 is 0 Å². The number of halogens is 1. The highest BCUT2D eigenvalue weighted by atomic mass is 127. The highest BCUT2D eigenvalue weighted by Gasteiger charge is 2.22. The summed E-state index contributed by atoms with van der Waals surface area (Å²) in [5.74, 6) is 1.56. The maximum atomic E-state index is 4.88. The van der Waals surface area contributed by atoms with E-state index >= 15 is 0 Å². The average molecular weight is 573 g/mol. The Labute approximate surface area is 220 Å². The zero-order valence-electron chi connectivity index (χ0n) is 20.1. The minimum Gasteiger partial charge on any atom is -0.357 e. The van der Waals surface area contributed by atoms with Gasteiger partial charge in [0.15, 0.2) is 5.96 Å². The van der Waals surface area contributed by atoms with Gasteiger partial charge in [-0.3, -0.25) is 4.68 Å². The van der Waals surface area contributed by atoms with Crippen LogP contribution in [-0.2, 0) is 19.5 Å². The summed E-state index contributed by atoms with van der Waals surface area (Å²) in [6, 6.07) is 21.2. The first-order chi connectivity index (χ1) is 16.3. The lowest BCUT2D eigenvalue weighted by Crippen LogP contribution is -2.40. The third-order valence-corrected chi connectivity index (χ3v) is 6.25. The Hall–Kier alpha value is -2.39. The van der Waals surface area contributed by atoms with Gasteiger partial charge in [-0.15, -0.1) is 24.0 Å². The summed E-state index contributed by atoms with van der Waals surface area (Å²) >= 11 is 0. The van der Waals surface area contributed by atoms with Crippen molar-refractivity contribution in [2.45, 2.75) is 32.9 Å². The quantitative estimate of drug-likeness (QED) is 0.218. The Bertz CT molecular complexity index is 989. The van der Waals surface area contributed by atoms with Crippen molar-refractivity contribution in [1.29, 1.82) is 0 Å². The molecule has 0 radical (unpaired) electrons. The first-order valence-corrected chi connectivity index (χ1v) is 12.1. The Morgan fingerprint density at radius 2 is 1.82 bits per heavy atom. The Kier molecular flexibility index (Phi) is 10.9. The van der Waals surface area contributed by atoms with Gasteiger partial charge in [0.1, 0.15) is 0 Å². The number of hydrogen-bond acceptors (Lipinski definition) is 3. The molecule has 2 N–H and O–H groups in total. The van der Waals surface area contributed by atoms with E-state index in [1.54, 1.807) is 0 Å². The lowest BCUT2D eigenvalue weighted by Gasteiger charge is -2.18. The number of rotatable bonds is 10. The van der Waals surface area contributed by atoms with E-state index in [-0.39, 0.29) is 24.0 Å². The van der Waals surface area contributed by atoms with Crippen LogP contribution >= 0.6 is 24.0 Å². The van der Waals surface area contributed by atoms with Gasteiger partial charge in [0.25, 0.3) is 0 Å². The van der Waals surface area contributed by atoms with Crippen molar-refractivity contribution in [1.82, 2.24) is 25.3 Å². The summed E-state index contributed by atoms with van der Waals surface area (Å²) in [6.45, 7) is 8.84. The van der Waals surface area contributed by atoms with E-state index in [4.69, 9.17) is 4.99 Å². The van der Waals surface area contributed by atoms with Crippen LogP contribution in [0, 0.1) is 5.92 Å². The van der Waals surface area contributed by atoms with Gasteiger partial charge in [0, 0.05) is 38.6 Å². The van der Waals surface area contributed by atoms with Gasteiger partial charge in [-0.2, -0.15) is 5.10 Å². The van der Waals surface area contributed by atoms with E-state index in [0.29, 0.717) is 12.5 Å². The van der Waals surface area contributed by atoms with E-state index in [1.807, 2.05) is 23.1 Å². The summed E-state index contributed by atoms with van der Waals surface area (Å²) in [4.78, 5) is 7.47. The number of likely N-dealkylation sites (tertiary alicyclic amines) is 1. The number of hydrogen-bond donors (Lipinski definition) is 2. The smallest absolute Gasteiger partial charge is 0.191 e. The minimum atomic E-state index is 0. The van der Waals surface area contributed by atoms with Crippen molar-refractivity contribution >= 4 is 29.9 Å². The molecular formula is C27H37IN6. The van der Waals surface area contributed by atoms with Crippen LogP contribution in [0.3, 0.4) is 0 Å². The molecule has 4 rings (SSSR count). The molecule has 182 valence electrons. The molecule has 1 saturated heterocycles. The predicted molar refractivity (Wildman–Crippen MR) is 151 cm³/mol. The van der Waals surface area contributed by atoms with Crippen molar-refractivity contribution in [3.05, 3.63) is 89.7 Å². The molecule has 0 saturated carbocycles. The Morgan fingerprint density at radius 1 is 1.03 bits per heavy atom. The van der Waals surface area contributed by atoms with Gasteiger partial charge in [-0.25, -0.2) is 4.99 Å². The number of aromatic nitrogens is 2. The van der Waals surface area contributed by atoms with E-state index in [1.165, 1.54) is 29.7 Å². The zero-order valence-corrected chi connectivity index (χ0v) is 22.4. The van der Waals surface area contributed by atoms with E-state index in [9.17, 15) is 0 Å². The van der Waals surface area contributed by atoms with Crippen LogP contribution in [0.4, 0.5) is 0 Å².